The number of para-hydroxylation sites is 2. The van der Waals surface area contributed by atoms with Crippen molar-refractivity contribution in [2.75, 3.05) is 0 Å². The molecule has 0 atom stereocenters. The molecule has 27 heavy (non-hydrogen) atoms. The highest BCUT2D eigenvalue weighted by molar-refractivity contribution is 7.71. The van der Waals surface area contributed by atoms with Gasteiger partial charge in [-0.2, -0.15) is 5.10 Å². The third-order valence-corrected chi connectivity index (χ3v) is 4.35. The van der Waals surface area contributed by atoms with Crippen molar-refractivity contribution in [1.82, 2.24) is 29.6 Å². The Bertz CT molecular complexity index is 1110. The number of hydrogen-bond donors (Lipinski definition) is 2. The number of hydrogen-bond acceptors (Lipinski definition) is 4. The molecule has 2 N–H and O–H groups in total. The van der Waals surface area contributed by atoms with Gasteiger partial charge in [0.25, 0.3) is 5.91 Å². The van der Waals surface area contributed by atoms with E-state index in [1.165, 1.54) is 6.33 Å². The zero-order valence-electron chi connectivity index (χ0n) is 14.2. The lowest BCUT2D eigenvalue weighted by Gasteiger charge is -2.10. The third kappa shape index (κ3) is 3.42. The van der Waals surface area contributed by atoms with Crippen LogP contribution in [0.4, 0.5) is 0 Å². The Balaban J connectivity index is 1.56. The normalized spacial score (nSPS) is 10.7. The smallest absolute Gasteiger partial charge is 0.270 e. The predicted octanol–water partition coefficient (Wildman–Crippen LogP) is 3.05. The van der Waals surface area contributed by atoms with Gasteiger partial charge in [0.2, 0.25) is 0 Å². The van der Waals surface area contributed by atoms with Gasteiger partial charge in [-0.3, -0.25) is 9.36 Å². The summed E-state index contributed by atoms with van der Waals surface area (Å²) in [6.45, 7) is 0.237. The van der Waals surface area contributed by atoms with Gasteiger partial charge in [0.05, 0.1) is 12.2 Å². The Morgan fingerprint density at radius 2 is 1.70 bits per heavy atom. The Morgan fingerprint density at radius 3 is 2.41 bits per heavy atom. The van der Waals surface area contributed by atoms with Crippen molar-refractivity contribution in [3.63, 3.8) is 0 Å². The highest BCUT2D eigenvalue weighted by atomic mass is 32.1. The van der Waals surface area contributed by atoms with Crippen LogP contribution >= 0.6 is 12.2 Å². The summed E-state index contributed by atoms with van der Waals surface area (Å²) < 4.78 is 3.85. The first kappa shape index (κ1) is 16.9. The molecule has 8 heteroatoms. The highest BCUT2D eigenvalue weighted by Crippen LogP contribution is 2.13. The van der Waals surface area contributed by atoms with Crippen molar-refractivity contribution in [2.24, 2.45) is 0 Å². The topological polar surface area (TPSA) is 80.5 Å². The van der Waals surface area contributed by atoms with Gasteiger partial charge in [-0.05, 0) is 36.5 Å². The molecule has 7 nitrogen and oxygen atoms in total. The molecular formula is C19H16N6OS. The minimum absolute atomic E-state index is 0.237. The molecule has 0 aliphatic heterocycles. The van der Waals surface area contributed by atoms with Crippen molar-refractivity contribution >= 4 is 18.1 Å². The maximum atomic E-state index is 12.7. The highest BCUT2D eigenvalue weighted by Gasteiger charge is 2.15. The van der Waals surface area contributed by atoms with Gasteiger partial charge in [0.15, 0.2) is 10.6 Å². The number of amides is 1. The third-order valence-electron chi connectivity index (χ3n) is 4.05. The zero-order chi connectivity index (χ0) is 18.6. The second kappa shape index (κ2) is 7.38. The van der Waals surface area contributed by atoms with Crippen molar-refractivity contribution in [2.45, 2.75) is 6.54 Å². The number of nitrogens with zero attached hydrogens (tertiary/aromatic N) is 4. The summed E-state index contributed by atoms with van der Waals surface area (Å²) in [5, 5.41) is 7.12. The largest absolute Gasteiger partial charge is 0.343 e. The van der Waals surface area contributed by atoms with E-state index in [1.807, 2.05) is 60.7 Å². The summed E-state index contributed by atoms with van der Waals surface area (Å²) in [5.74, 6) is 0.378. The fraction of sp³-hybridized carbons (Fsp3) is 0.0526. The van der Waals surface area contributed by atoms with Crippen LogP contribution in [0.25, 0.3) is 11.4 Å². The molecule has 0 unspecified atom stereocenters. The molecule has 1 amide bonds. The number of aromatic nitrogens is 5. The molecule has 0 aliphatic carbocycles. The predicted molar refractivity (Wildman–Crippen MR) is 103 cm³/mol. The van der Waals surface area contributed by atoms with Gasteiger partial charge in [-0.1, -0.05) is 36.4 Å². The van der Waals surface area contributed by atoms with Crippen LogP contribution in [0.1, 0.15) is 16.3 Å². The lowest BCUT2D eigenvalue weighted by Crippen LogP contribution is -2.26. The van der Waals surface area contributed by atoms with E-state index in [0.29, 0.717) is 16.3 Å². The maximum absolute atomic E-state index is 12.7. The number of carbonyl (C=O) groups is 1. The Hall–Kier alpha value is -3.52. The summed E-state index contributed by atoms with van der Waals surface area (Å²) in [6.07, 6.45) is 3.07. The molecule has 0 saturated heterocycles. The molecule has 0 bridgehead atoms. The summed E-state index contributed by atoms with van der Waals surface area (Å²) in [7, 11) is 0. The van der Waals surface area contributed by atoms with Gasteiger partial charge in [0.1, 0.15) is 12.0 Å². The van der Waals surface area contributed by atoms with Crippen LogP contribution in [0.15, 0.2) is 73.2 Å². The average molecular weight is 376 g/mol. The van der Waals surface area contributed by atoms with E-state index in [9.17, 15) is 4.79 Å². The molecular weight excluding hydrogens is 360 g/mol. The number of aromatic amines is 1. The van der Waals surface area contributed by atoms with Gasteiger partial charge < -0.3 is 10.3 Å². The van der Waals surface area contributed by atoms with E-state index in [-0.39, 0.29) is 12.5 Å². The number of nitrogens with one attached hydrogen (secondary N) is 2. The molecule has 0 saturated carbocycles. The monoisotopic (exact) mass is 376 g/mol. The van der Waals surface area contributed by atoms with Gasteiger partial charge in [-0.25, -0.2) is 9.67 Å². The Labute approximate surface area is 160 Å². The fourth-order valence-electron chi connectivity index (χ4n) is 2.79. The molecule has 134 valence electrons. The average Bonchev–Trinajstić information content (AvgIpc) is 3.34. The molecule has 2 aromatic heterocycles. The van der Waals surface area contributed by atoms with Gasteiger partial charge in [0, 0.05) is 11.9 Å². The molecule has 0 fully saturated rings. The standard InChI is InChI=1S/C19H16N6OS/c26-18(16-11-21-19(27)24(16)14-7-3-1-4-8-14)20-12-17-22-13-23-25(17)15-9-5-2-6-10-15/h1-11,13H,12H2,(H,20,26)(H,21,27). The second-order valence-corrected chi connectivity index (χ2v) is 6.14. The number of imidazole rings is 1. The summed E-state index contributed by atoms with van der Waals surface area (Å²) in [6, 6.07) is 19.1. The minimum Gasteiger partial charge on any atom is -0.343 e. The molecule has 4 aromatic rings. The van der Waals surface area contributed by atoms with Crippen LogP contribution in [0.3, 0.4) is 0 Å². The van der Waals surface area contributed by atoms with E-state index in [1.54, 1.807) is 15.4 Å². The first-order valence-electron chi connectivity index (χ1n) is 8.32. The van der Waals surface area contributed by atoms with E-state index >= 15 is 0 Å². The number of carbonyl (C=O) groups excluding carboxylic acids is 1. The first-order chi connectivity index (χ1) is 13.2. The first-order valence-corrected chi connectivity index (χ1v) is 8.73. The van der Waals surface area contributed by atoms with E-state index in [0.717, 1.165) is 11.4 Å². The molecule has 0 spiro atoms. The molecule has 4 rings (SSSR count). The van der Waals surface area contributed by atoms with Crippen molar-refractivity contribution in [3.05, 3.63) is 89.5 Å². The Morgan fingerprint density at radius 1 is 1.04 bits per heavy atom. The van der Waals surface area contributed by atoms with E-state index in [2.05, 4.69) is 20.4 Å². The molecule has 0 radical (unpaired) electrons. The van der Waals surface area contributed by atoms with Crippen molar-refractivity contribution in [3.8, 4) is 11.4 Å². The lowest BCUT2D eigenvalue weighted by molar-refractivity contribution is 0.0942. The number of benzene rings is 2. The quantitative estimate of drug-likeness (QED) is 0.525. The minimum atomic E-state index is -0.256. The summed E-state index contributed by atoms with van der Waals surface area (Å²) in [4.78, 5) is 19.9. The van der Waals surface area contributed by atoms with Crippen LogP contribution < -0.4 is 5.32 Å². The molecule has 2 heterocycles. The lowest BCUT2D eigenvalue weighted by atomic mass is 10.3. The Kier molecular flexibility index (Phi) is 4.63. The summed E-state index contributed by atoms with van der Waals surface area (Å²) in [5.41, 5.74) is 2.13. The van der Waals surface area contributed by atoms with E-state index < -0.39 is 0 Å². The van der Waals surface area contributed by atoms with Gasteiger partial charge >= 0.3 is 0 Å². The van der Waals surface area contributed by atoms with Crippen LogP contribution in [-0.4, -0.2) is 30.2 Å². The van der Waals surface area contributed by atoms with Crippen molar-refractivity contribution < 1.29 is 4.79 Å². The summed E-state index contributed by atoms with van der Waals surface area (Å²) >= 11 is 5.32. The van der Waals surface area contributed by atoms with Crippen molar-refractivity contribution in [1.29, 1.82) is 0 Å². The second-order valence-electron chi connectivity index (χ2n) is 5.76. The van der Waals surface area contributed by atoms with Gasteiger partial charge in [-0.15, -0.1) is 0 Å². The fourth-order valence-corrected chi connectivity index (χ4v) is 3.05. The number of H-pyrrole nitrogens is 1. The van der Waals surface area contributed by atoms with Crippen LogP contribution in [-0.2, 0) is 6.54 Å². The zero-order valence-corrected chi connectivity index (χ0v) is 15.1. The molecule has 2 aromatic carbocycles. The van der Waals surface area contributed by atoms with Crippen LogP contribution in [0.5, 0.6) is 0 Å². The van der Waals surface area contributed by atoms with Crippen LogP contribution in [0, 0.1) is 4.77 Å². The number of rotatable bonds is 5. The van der Waals surface area contributed by atoms with E-state index in [4.69, 9.17) is 12.2 Å². The SMILES string of the molecule is O=C(NCc1ncnn1-c1ccccc1)c1c[nH]c(=S)n1-c1ccccc1. The maximum Gasteiger partial charge on any atom is 0.270 e. The van der Waals surface area contributed by atoms with Crippen LogP contribution in [0.2, 0.25) is 0 Å². The molecule has 0 aliphatic rings.